The van der Waals surface area contributed by atoms with Gasteiger partial charge in [-0.1, -0.05) is 13.8 Å². The van der Waals surface area contributed by atoms with Gasteiger partial charge < -0.3 is 9.47 Å². The molecule has 2 atom stereocenters. The third-order valence-corrected chi connectivity index (χ3v) is 1.83. The summed E-state index contributed by atoms with van der Waals surface area (Å²) in [6.07, 6.45) is -0.426. The summed E-state index contributed by atoms with van der Waals surface area (Å²) in [4.78, 5) is 11.2. The topological polar surface area (TPSA) is 61.5 Å². The van der Waals surface area contributed by atoms with Gasteiger partial charge in [0.15, 0.2) is 6.23 Å². The summed E-state index contributed by atoms with van der Waals surface area (Å²) in [6.45, 7) is 9.26. The minimum Gasteiger partial charge on any atom is -0.429 e. The third kappa shape index (κ3) is 5.80. The largest absolute Gasteiger partial charge is 0.510 e. The highest BCUT2D eigenvalue weighted by Crippen LogP contribution is 2.11. The molecule has 84 valence electrons. The van der Waals surface area contributed by atoms with E-state index < -0.39 is 18.0 Å². The Balaban J connectivity index is 3.95. The second kappa shape index (κ2) is 5.20. The van der Waals surface area contributed by atoms with Crippen molar-refractivity contribution in [2.24, 2.45) is 11.7 Å². The van der Waals surface area contributed by atoms with E-state index in [-0.39, 0.29) is 5.92 Å². The average Bonchev–Trinajstić information content (AvgIpc) is 1.99. The molecule has 2 N–H and O–H groups in total. The quantitative estimate of drug-likeness (QED) is 0.564. The highest BCUT2D eigenvalue weighted by Gasteiger charge is 2.21. The molecule has 0 heterocycles. The molecule has 0 aliphatic heterocycles. The van der Waals surface area contributed by atoms with Crippen LogP contribution in [0.4, 0.5) is 4.79 Å². The van der Waals surface area contributed by atoms with Gasteiger partial charge >= 0.3 is 6.16 Å². The first-order valence-electron chi connectivity index (χ1n) is 4.91. The van der Waals surface area contributed by atoms with E-state index in [1.165, 1.54) is 0 Å². The van der Waals surface area contributed by atoms with Crippen molar-refractivity contribution >= 4 is 6.16 Å². The van der Waals surface area contributed by atoms with Crippen LogP contribution in [-0.4, -0.2) is 18.0 Å². The van der Waals surface area contributed by atoms with Crippen LogP contribution in [0.2, 0.25) is 0 Å². The minimum atomic E-state index is -0.703. The molecular formula is C10H21NO3. The summed E-state index contributed by atoms with van der Waals surface area (Å²) in [7, 11) is 0. The summed E-state index contributed by atoms with van der Waals surface area (Å²) in [5.41, 5.74) is 5.09. The monoisotopic (exact) mass is 203 g/mol. The minimum absolute atomic E-state index is 0.141. The fourth-order valence-electron chi connectivity index (χ4n) is 0.734. The number of ether oxygens (including phenoxy) is 2. The number of hydrogen-bond acceptors (Lipinski definition) is 4. The Kier molecular flexibility index (Phi) is 4.91. The van der Waals surface area contributed by atoms with Crippen molar-refractivity contribution in [1.29, 1.82) is 0 Å². The van der Waals surface area contributed by atoms with Crippen molar-refractivity contribution in [3.05, 3.63) is 0 Å². The van der Waals surface area contributed by atoms with Crippen LogP contribution in [-0.2, 0) is 9.47 Å². The lowest BCUT2D eigenvalue weighted by molar-refractivity contribution is -0.0364. The van der Waals surface area contributed by atoms with E-state index in [1.54, 1.807) is 20.8 Å². The predicted octanol–water partition coefficient (Wildman–Crippen LogP) is 2.27. The molecule has 0 spiro atoms. The molecule has 2 unspecified atom stereocenters. The Labute approximate surface area is 85.8 Å². The summed E-state index contributed by atoms with van der Waals surface area (Å²) in [6, 6.07) is 0. The predicted molar refractivity (Wildman–Crippen MR) is 54.7 cm³/mol. The average molecular weight is 203 g/mol. The van der Waals surface area contributed by atoms with Gasteiger partial charge in [0.2, 0.25) is 0 Å². The molecule has 0 aromatic rings. The molecule has 0 rings (SSSR count). The molecule has 4 nitrogen and oxygen atoms in total. The van der Waals surface area contributed by atoms with Gasteiger partial charge in [-0.3, -0.25) is 5.73 Å². The standard InChI is InChI=1S/C10H21NO3/c1-6-7(2)8(11)13-9(12)14-10(3,4)5/h7-8H,6,11H2,1-5H3. The second-order valence-electron chi connectivity index (χ2n) is 4.43. The summed E-state index contributed by atoms with van der Waals surface area (Å²) in [5, 5.41) is 0. The third-order valence-electron chi connectivity index (χ3n) is 1.83. The fraction of sp³-hybridized carbons (Fsp3) is 0.900. The lowest BCUT2D eigenvalue weighted by Crippen LogP contribution is -2.36. The van der Waals surface area contributed by atoms with E-state index in [9.17, 15) is 4.79 Å². The van der Waals surface area contributed by atoms with E-state index in [0.717, 1.165) is 6.42 Å². The molecule has 0 saturated heterocycles. The smallest absolute Gasteiger partial charge is 0.429 e. The van der Waals surface area contributed by atoms with Crippen molar-refractivity contribution < 1.29 is 14.3 Å². The van der Waals surface area contributed by atoms with E-state index in [2.05, 4.69) is 0 Å². The lowest BCUT2D eigenvalue weighted by Gasteiger charge is -2.23. The maximum absolute atomic E-state index is 11.2. The van der Waals surface area contributed by atoms with Gasteiger partial charge in [-0.2, -0.15) is 0 Å². The van der Waals surface area contributed by atoms with Crippen molar-refractivity contribution in [1.82, 2.24) is 0 Å². The van der Waals surface area contributed by atoms with Gasteiger partial charge in [-0.25, -0.2) is 4.79 Å². The first-order chi connectivity index (χ1) is 6.26. The number of carbonyl (C=O) groups is 1. The molecule has 4 heteroatoms. The molecule has 0 aliphatic rings. The Bertz CT molecular complexity index is 186. The van der Waals surface area contributed by atoms with Crippen LogP contribution in [0.15, 0.2) is 0 Å². The van der Waals surface area contributed by atoms with Gasteiger partial charge in [0.05, 0.1) is 0 Å². The number of rotatable bonds is 3. The Morgan fingerprint density at radius 2 is 1.93 bits per heavy atom. The van der Waals surface area contributed by atoms with Crippen LogP contribution < -0.4 is 5.73 Å². The highest BCUT2D eigenvalue weighted by atomic mass is 16.7. The van der Waals surface area contributed by atoms with Crippen LogP contribution in [0.5, 0.6) is 0 Å². The van der Waals surface area contributed by atoms with Gasteiger partial charge in [0.25, 0.3) is 0 Å². The molecule has 0 radical (unpaired) electrons. The van der Waals surface area contributed by atoms with Crippen molar-refractivity contribution in [2.45, 2.75) is 52.9 Å². The summed E-state index contributed by atoms with van der Waals surface area (Å²) in [5.74, 6) is 0.141. The van der Waals surface area contributed by atoms with Crippen LogP contribution in [0, 0.1) is 5.92 Å². The summed E-state index contributed by atoms with van der Waals surface area (Å²) >= 11 is 0. The van der Waals surface area contributed by atoms with Crippen molar-refractivity contribution in [3.63, 3.8) is 0 Å². The fourth-order valence-corrected chi connectivity index (χ4v) is 0.734. The zero-order chi connectivity index (χ0) is 11.4. The van der Waals surface area contributed by atoms with E-state index >= 15 is 0 Å². The van der Waals surface area contributed by atoms with Crippen LogP contribution in [0.1, 0.15) is 41.0 Å². The molecular weight excluding hydrogens is 182 g/mol. The van der Waals surface area contributed by atoms with Crippen LogP contribution in [0.3, 0.4) is 0 Å². The number of carbonyl (C=O) groups excluding carboxylic acids is 1. The van der Waals surface area contributed by atoms with Gasteiger partial charge in [-0.05, 0) is 27.2 Å². The van der Waals surface area contributed by atoms with Crippen LogP contribution >= 0.6 is 0 Å². The molecule has 0 amide bonds. The normalized spacial score (nSPS) is 15.9. The van der Waals surface area contributed by atoms with Crippen molar-refractivity contribution in [3.8, 4) is 0 Å². The van der Waals surface area contributed by atoms with Gasteiger partial charge in [-0.15, -0.1) is 0 Å². The van der Waals surface area contributed by atoms with E-state index in [4.69, 9.17) is 15.2 Å². The first kappa shape index (κ1) is 13.2. The van der Waals surface area contributed by atoms with Crippen molar-refractivity contribution in [2.75, 3.05) is 0 Å². The molecule has 0 aliphatic carbocycles. The molecule has 0 fully saturated rings. The number of hydrogen-bond donors (Lipinski definition) is 1. The highest BCUT2D eigenvalue weighted by molar-refractivity contribution is 5.60. The Morgan fingerprint density at radius 3 is 2.29 bits per heavy atom. The SMILES string of the molecule is CCC(C)C(N)OC(=O)OC(C)(C)C. The Hall–Kier alpha value is -0.770. The number of nitrogens with two attached hydrogens (primary N) is 1. The molecule has 0 aromatic heterocycles. The van der Waals surface area contributed by atoms with Crippen LogP contribution in [0.25, 0.3) is 0 Å². The molecule has 0 bridgehead atoms. The van der Waals surface area contributed by atoms with Gasteiger partial charge in [0, 0.05) is 5.92 Å². The zero-order valence-electron chi connectivity index (χ0n) is 9.66. The molecule has 14 heavy (non-hydrogen) atoms. The maximum Gasteiger partial charge on any atom is 0.510 e. The van der Waals surface area contributed by atoms with E-state index in [0.29, 0.717) is 0 Å². The zero-order valence-corrected chi connectivity index (χ0v) is 9.66. The molecule has 0 saturated carbocycles. The lowest BCUT2D eigenvalue weighted by atomic mass is 10.1. The van der Waals surface area contributed by atoms with Gasteiger partial charge in [0.1, 0.15) is 5.60 Å². The second-order valence-corrected chi connectivity index (χ2v) is 4.43. The Morgan fingerprint density at radius 1 is 1.43 bits per heavy atom. The van der Waals surface area contributed by atoms with E-state index in [1.807, 2.05) is 13.8 Å². The maximum atomic E-state index is 11.2. The molecule has 0 aromatic carbocycles. The first-order valence-corrected chi connectivity index (χ1v) is 4.91. The summed E-state index contributed by atoms with van der Waals surface area (Å²) < 4.78 is 9.86.